The fourth-order valence-corrected chi connectivity index (χ4v) is 3.22. The number of nitrogens with zero attached hydrogens (tertiary/aromatic N) is 2. The highest BCUT2D eigenvalue weighted by molar-refractivity contribution is 5.86. The number of carbonyl (C=O) groups excluding carboxylic acids is 1. The topological polar surface area (TPSA) is 72.9 Å². The second-order valence-electron chi connectivity index (χ2n) is 6.02. The number of carboxylic acid groups (broad SMARTS) is 1. The summed E-state index contributed by atoms with van der Waals surface area (Å²) in [5.41, 5.74) is -1.05. The van der Waals surface area contributed by atoms with E-state index in [0.29, 0.717) is 13.0 Å². The molecule has 2 rings (SSSR count). The molecule has 2 saturated heterocycles. The van der Waals surface area contributed by atoms with Gasteiger partial charge in [-0.05, 0) is 45.7 Å². The first-order chi connectivity index (χ1) is 9.47. The zero-order valence-electron chi connectivity index (χ0n) is 12.4. The summed E-state index contributed by atoms with van der Waals surface area (Å²) in [4.78, 5) is 27.6. The summed E-state index contributed by atoms with van der Waals surface area (Å²) < 4.78 is 0. The standard InChI is InChI=1S/C14H25N3O3/c1-3-16-8-4-6-11(10-16)15-13(20)17-9-5-7-14(17,2)12(18)19/h11H,3-10H2,1-2H3,(H,15,20)(H,18,19). The highest BCUT2D eigenvalue weighted by Crippen LogP contribution is 2.29. The van der Waals surface area contributed by atoms with Crippen LogP contribution in [0.3, 0.4) is 0 Å². The fraction of sp³-hybridized carbons (Fsp3) is 0.857. The predicted molar refractivity (Wildman–Crippen MR) is 75.6 cm³/mol. The van der Waals surface area contributed by atoms with Crippen LogP contribution in [0.1, 0.15) is 39.5 Å². The molecule has 20 heavy (non-hydrogen) atoms. The minimum absolute atomic E-state index is 0.134. The van der Waals surface area contributed by atoms with E-state index in [1.807, 2.05) is 0 Å². The smallest absolute Gasteiger partial charge is 0.329 e. The van der Waals surface area contributed by atoms with Crippen molar-refractivity contribution in [2.45, 2.75) is 51.1 Å². The van der Waals surface area contributed by atoms with Crippen LogP contribution in [0.25, 0.3) is 0 Å². The number of carbonyl (C=O) groups is 2. The van der Waals surface area contributed by atoms with E-state index < -0.39 is 11.5 Å². The number of aliphatic carboxylic acids is 1. The molecule has 6 heteroatoms. The molecule has 0 aliphatic carbocycles. The van der Waals surface area contributed by atoms with Gasteiger partial charge in [-0.3, -0.25) is 0 Å². The quantitative estimate of drug-likeness (QED) is 0.814. The molecule has 2 atom stereocenters. The summed E-state index contributed by atoms with van der Waals surface area (Å²) >= 11 is 0. The Bertz CT molecular complexity index is 388. The van der Waals surface area contributed by atoms with Crippen molar-refractivity contribution < 1.29 is 14.7 Å². The zero-order valence-corrected chi connectivity index (χ0v) is 12.4. The Morgan fingerprint density at radius 3 is 2.75 bits per heavy atom. The van der Waals surface area contributed by atoms with Gasteiger partial charge in [0.2, 0.25) is 0 Å². The second-order valence-corrected chi connectivity index (χ2v) is 6.02. The molecule has 0 bridgehead atoms. The molecule has 2 aliphatic heterocycles. The van der Waals surface area contributed by atoms with Crippen LogP contribution in [-0.2, 0) is 4.79 Å². The van der Waals surface area contributed by atoms with E-state index in [0.717, 1.165) is 38.9 Å². The van der Waals surface area contributed by atoms with Gasteiger partial charge in [-0.15, -0.1) is 0 Å². The van der Waals surface area contributed by atoms with E-state index in [-0.39, 0.29) is 12.1 Å². The molecular weight excluding hydrogens is 258 g/mol. The number of nitrogens with one attached hydrogen (secondary N) is 1. The molecular formula is C14H25N3O3. The third-order valence-electron chi connectivity index (χ3n) is 4.63. The Balaban J connectivity index is 1.96. The van der Waals surface area contributed by atoms with Crippen molar-refractivity contribution in [2.24, 2.45) is 0 Å². The maximum Gasteiger partial charge on any atom is 0.329 e. The van der Waals surface area contributed by atoms with Gasteiger partial charge >= 0.3 is 12.0 Å². The Morgan fingerprint density at radius 1 is 1.35 bits per heavy atom. The first kappa shape index (κ1) is 15.1. The lowest BCUT2D eigenvalue weighted by atomic mass is 9.99. The van der Waals surface area contributed by atoms with E-state index in [4.69, 9.17) is 0 Å². The monoisotopic (exact) mass is 283 g/mol. The number of hydrogen-bond donors (Lipinski definition) is 2. The fourth-order valence-electron chi connectivity index (χ4n) is 3.22. The van der Waals surface area contributed by atoms with Crippen LogP contribution in [0, 0.1) is 0 Å². The van der Waals surface area contributed by atoms with Crippen LogP contribution >= 0.6 is 0 Å². The summed E-state index contributed by atoms with van der Waals surface area (Å²) in [5.74, 6) is -0.913. The van der Waals surface area contributed by atoms with Crippen LogP contribution in [-0.4, -0.2) is 64.7 Å². The van der Waals surface area contributed by atoms with Crippen LogP contribution < -0.4 is 5.32 Å². The Labute approximate surface area is 120 Å². The van der Waals surface area contributed by atoms with Gasteiger partial charge in [-0.2, -0.15) is 0 Å². The minimum Gasteiger partial charge on any atom is -0.480 e. The van der Waals surface area contributed by atoms with Crippen LogP contribution in [0.15, 0.2) is 0 Å². The lowest BCUT2D eigenvalue weighted by Gasteiger charge is -2.36. The summed E-state index contributed by atoms with van der Waals surface area (Å²) in [5, 5.41) is 12.4. The van der Waals surface area contributed by atoms with Gasteiger partial charge in [0, 0.05) is 19.1 Å². The molecule has 0 saturated carbocycles. The number of rotatable bonds is 3. The lowest BCUT2D eigenvalue weighted by molar-refractivity contribution is -0.147. The number of likely N-dealkylation sites (N-methyl/N-ethyl adjacent to an activating group) is 1. The van der Waals surface area contributed by atoms with Crippen molar-refractivity contribution in [3.05, 3.63) is 0 Å². The van der Waals surface area contributed by atoms with Crippen molar-refractivity contribution in [1.82, 2.24) is 15.1 Å². The highest BCUT2D eigenvalue weighted by Gasteiger charge is 2.46. The number of piperidine rings is 1. The molecule has 2 heterocycles. The molecule has 0 radical (unpaired) electrons. The number of amides is 2. The van der Waals surface area contributed by atoms with Crippen molar-refractivity contribution in [3.8, 4) is 0 Å². The second kappa shape index (κ2) is 5.99. The molecule has 2 fully saturated rings. The normalized spacial score (nSPS) is 31.3. The van der Waals surface area contributed by atoms with Crippen molar-refractivity contribution in [3.63, 3.8) is 0 Å². The summed E-state index contributed by atoms with van der Waals surface area (Å²) in [7, 11) is 0. The maximum atomic E-state index is 12.4. The summed E-state index contributed by atoms with van der Waals surface area (Å²) in [6, 6.07) is -0.0924. The van der Waals surface area contributed by atoms with Gasteiger partial charge in [0.05, 0.1) is 0 Å². The third-order valence-corrected chi connectivity index (χ3v) is 4.63. The van der Waals surface area contributed by atoms with E-state index in [1.165, 1.54) is 4.90 Å². The third kappa shape index (κ3) is 2.90. The van der Waals surface area contributed by atoms with Crippen LogP contribution in [0.4, 0.5) is 4.79 Å². The Kier molecular flexibility index (Phi) is 4.52. The van der Waals surface area contributed by atoms with Crippen molar-refractivity contribution >= 4 is 12.0 Å². The summed E-state index contributed by atoms with van der Waals surface area (Å²) in [6.45, 7) is 7.22. The SMILES string of the molecule is CCN1CCCC(NC(=O)N2CCCC2(C)C(=O)O)C1. The molecule has 6 nitrogen and oxygen atoms in total. The summed E-state index contributed by atoms with van der Waals surface area (Å²) in [6.07, 6.45) is 3.33. The van der Waals surface area contributed by atoms with Crippen LogP contribution in [0.2, 0.25) is 0 Å². The maximum absolute atomic E-state index is 12.4. The average molecular weight is 283 g/mol. The number of likely N-dealkylation sites (tertiary alicyclic amines) is 2. The molecule has 2 aliphatic rings. The van der Waals surface area contributed by atoms with E-state index in [1.54, 1.807) is 6.92 Å². The molecule has 114 valence electrons. The average Bonchev–Trinajstić information content (AvgIpc) is 2.82. The number of urea groups is 1. The highest BCUT2D eigenvalue weighted by atomic mass is 16.4. The minimum atomic E-state index is -1.05. The molecule has 2 amide bonds. The van der Waals surface area contributed by atoms with Crippen molar-refractivity contribution in [2.75, 3.05) is 26.2 Å². The molecule has 0 aromatic rings. The largest absolute Gasteiger partial charge is 0.480 e. The molecule has 0 aromatic carbocycles. The molecule has 2 N–H and O–H groups in total. The van der Waals surface area contributed by atoms with Gasteiger partial charge in [0.15, 0.2) is 0 Å². The van der Waals surface area contributed by atoms with Gasteiger partial charge in [0.1, 0.15) is 5.54 Å². The molecule has 0 aromatic heterocycles. The first-order valence-electron chi connectivity index (χ1n) is 7.51. The number of hydrogen-bond acceptors (Lipinski definition) is 3. The van der Waals surface area contributed by atoms with E-state index >= 15 is 0 Å². The Morgan fingerprint density at radius 2 is 2.10 bits per heavy atom. The molecule has 2 unspecified atom stereocenters. The van der Waals surface area contributed by atoms with Gasteiger partial charge < -0.3 is 20.2 Å². The van der Waals surface area contributed by atoms with Gasteiger partial charge in [-0.1, -0.05) is 6.92 Å². The van der Waals surface area contributed by atoms with E-state index in [2.05, 4.69) is 17.1 Å². The predicted octanol–water partition coefficient (Wildman–Crippen LogP) is 1.12. The van der Waals surface area contributed by atoms with E-state index in [9.17, 15) is 14.7 Å². The first-order valence-corrected chi connectivity index (χ1v) is 7.51. The molecule has 0 spiro atoms. The van der Waals surface area contributed by atoms with Crippen LogP contribution in [0.5, 0.6) is 0 Å². The van der Waals surface area contributed by atoms with Crippen molar-refractivity contribution in [1.29, 1.82) is 0 Å². The lowest BCUT2D eigenvalue weighted by Crippen LogP contribution is -2.57. The van der Waals surface area contributed by atoms with Gasteiger partial charge in [-0.25, -0.2) is 9.59 Å². The Hall–Kier alpha value is -1.30. The van der Waals surface area contributed by atoms with Gasteiger partial charge in [0.25, 0.3) is 0 Å². The number of carboxylic acids is 1. The zero-order chi connectivity index (χ0) is 14.8.